The van der Waals surface area contributed by atoms with Crippen molar-refractivity contribution in [2.45, 2.75) is 18.9 Å². The molecule has 21 heavy (non-hydrogen) atoms. The van der Waals surface area contributed by atoms with Gasteiger partial charge in [0, 0.05) is 16.6 Å². The summed E-state index contributed by atoms with van der Waals surface area (Å²) in [5.41, 5.74) is 2.29. The highest BCUT2D eigenvalue weighted by atomic mass is 79.9. The smallest absolute Gasteiger partial charge is 0.144 e. The van der Waals surface area contributed by atoms with Gasteiger partial charge in [0.2, 0.25) is 0 Å². The van der Waals surface area contributed by atoms with Crippen molar-refractivity contribution in [2.75, 3.05) is 0 Å². The van der Waals surface area contributed by atoms with E-state index in [1.54, 1.807) is 6.07 Å². The fourth-order valence-electron chi connectivity index (χ4n) is 2.65. The van der Waals surface area contributed by atoms with Crippen LogP contribution in [0.1, 0.15) is 18.9 Å². The van der Waals surface area contributed by atoms with Crippen LogP contribution in [0.5, 0.6) is 5.75 Å². The fourth-order valence-corrected chi connectivity index (χ4v) is 3.00. The van der Waals surface area contributed by atoms with Gasteiger partial charge in [0.05, 0.1) is 16.6 Å². The van der Waals surface area contributed by atoms with E-state index in [4.69, 9.17) is 0 Å². The number of benzene rings is 2. The molecule has 2 aromatic carbocycles. The molecule has 3 aromatic rings. The number of rotatable bonds is 2. The van der Waals surface area contributed by atoms with Gasteiger partial charge in [0.1, 0.15) is 17.4 Å². The molecule has 106 valence electrons. The molecule has 0 unspecified atom stereocenters. The Bertz CT molecular complexity index is 855. The first-order valence-corrected chi connectivity index (χ1v) is 7.59. The van der Waals surface area contributed by atoms with Crippen molar-refractivity contribution in [1.29, 1.82) is 0 Å². The third-order valence-corrected chi connectivity index (χ3v) is 4.25. The third kappa shape index (κ3) is 2.12. The second-order valence-electron chi connectivity index (χ2n) is 5.33. The van der Waals surface area contributed by atoms with Gasteiger partial charge < -0.3 is 9.67 Å². The lowest BCUT2D eigenvalue weighted by atomic mass is 10.2. The summed E-state index contributed by atoms with van der Waals surface area (Å²) in [5, 5.41) is 9.38. The molecule has 1 aliphatic rings. The van der Waals surface area contributed by atoms with Crippen molar-refractivity contribution in [2.24, 2.45) is 0 Å². The van der Waals surface area contributed by atoms with Gasteiger partial charge in [-0.05, 0) is 43.2 Å². The van der Waals surface area contributed by atoms with Gasteiger partial charge in [-0.2, -0.15) is 0 Å². The molecule has 3 nitrogen and oxygen atoms in total. The number of imidazole rings is 1. The molecule has 1 N–H and O–H groups in total. The van der Waals surface area contributed by atoms with Crippen molar-refractivity contribution >= 4 is 27.0 Å². The van der Waals surface area contributed by atoms with Crippen molar-refractivity contribution in [3.63, 3.8) is 0 Å². The maximum atomic E-state index is 14.2. The zero-order valence-corrected chi connectivity index (χ0v) is 12.6. The Morgan fingerprint density at radius 1 is 1.19 bits per heavy atom. The predicted molar refractivity (Wildman–Crippen MR) is 82.8 cm³/mol. The molecule has 1 saturated carbocycles. The molecule has 0 amide bonds. The highest BCUT2D eigenvalue weighted by molar-refractivity contribution is 9.10. The predicted octanol–water partition coefficient (Wildman–Crippen LogP) is 4.65. The SMILES string of the molecule is Oc1ccc(-c2nc3cc(Br)ccc3n2C2CC2)c(F)c1. The summed E-state index contributed by atoms with van der Waals surface area (Å²) in [4.78, 5) is 4.61. The van der Waals surface area contributed by atoms with Gasteiger partial charge in [0.25, 0.3) is 0 Å². The highest BCUT2D eigenvalue weighted by Gasteiger charge is 2.29. The Labute approximate surface area is 129 Å². The van der Waals surface area contributed by atoms with E-state index >= 15 is 0 Å². The number of phenols is 1. The number of aromatic nitrogens is 2. The van der Waals surface area contributed by atoms with Crippen LogP contribution in [0, 0.1) is 5.82 Å². The van der Waals surface area contributed by atoms with Crippen molar-refractivity contribution in [3.05, 3.63) is 46.7 Å². The number of halogens is 2. The first-order valence-electron chi connectivity index (χ1n) is 6.80. The van der Waals surface area contributed by atoms with Crippen LogP contribution in [0.15, 0.2) is 40.9 Å². The first-order chi connectivity index (χ1) is 10.1. The van der Waals surface area contributed by atoms with Crippen LogP contribution in [-0.2, 0) is 0 Å². The van der Waals surface area contributed by atoms with Gasteiger partial charge in [-0.3, -0.25) is 0 Å². The van der Waals surface area contributed by atoms with Crippen molar-refractivity contribution < 1.29 is 9.50 Å². The summed E-state index contributed by atoms with van der Waals surface area (Å²) in [5.74, 6) is 0.0995. The minimum absolute atomic E-state index is 0.0759. The average Bonchev–Trinajstić information content (AvgIpc) is 3.20. The largest absolute Gasteiger partial charge is 0.508 e. The Kier molecular flexibility index (Phi) is 2.79. The summed E-state index contributed by atoms with van der Waals surface area (Å²) in [7, 11) is 0. The maximum absolute atomic E-state index is 14.2. The molecule has 0 spiro atoms. The van der Waals surface area contributed by atoms with Gasteiger partial charge in [0.15, 0.2) is 0 Å². The van der Waals surface area contributed by atoms with E-state index in [1.807, 2.05) is 18.2 Å². The number of nitrogens with zero attached hydrogens (tertiary/aromatic N) is 2. The van der Waals surface area contributed by atoms with Crippen molar-refractivity contribution in [1.82, 2.24) is 9.55 Å². The fraction of sp³-hybridized carbons (Fsp3) is 0.188. The summed E-state index contributed by atoms with van der Waals surface area (Å²) in [6.45, 7) is 0. The van der Waals surface area contributed by atoms with E-state index in [0.29, 0.717) is 17.4 Å². The molecule has 0 bridgehead atoms. The highest BCUT2D eigenvalue weighted by Crippen LogP contribution is 2.42. The van der Waals surface area contributed by atoms with Crippen LogP contribution in [0.25, 0.3) is 22.4 Å². The third-order valence-electron chi connectivity index (χ3n) is 3.76. The topological polar surface area (TPSA) is 38.1 Å². The number of hydrogen-bond acceptors (Lipinski definition) is 2. The standard InChI is InChI=1S/C16H12BrFN2O/c17-9-1-6-15-14(7-9)19-16(20(15)10-2-3-10)12-5-4-11(21)8-13(12)18/h1,4-8,10,21H,2-3H2. The Hall–Kier alpha value is -1.88. The van der Waals surface area contributed by atoms with E-state index in [2.05, 4.69) is 25.5 Å². The quantitative estimate of drug-likeness (QED) is 0.733. The molecular weight excluding hydrogens is 335 g/mol. The molecule has 1 aromatic heterocycles. The summed E-state index contributed by atoms with van der Waals surface area (Å²) >= 11 is 3.44. The minimum atomic E-state index is -0.453. The summed E-state index contributed by atoms with van der Waals surface area (Å²) < 4.78 is 17.2. The van der Waals surface area contributed by atoms with Gasteiger partial charge in [-0.1, -0.05) is 15.9 Å². The Morgan fingerprint density at radius 3 is 2.71 bits per heavy atom. The normalized spacial score (nSPS) is 14.8. The Balaban J connectivity index is 2.01. The van der Waals surface area contributed by atoms with Crippen LogP contribution >= 0.6 is 15.9 Å². The second-order valence-corrected chi connectivity index (χ2v) is 6.25. The molecule has 1 heterocycles. The lowest BCUT2D eigenvalue weighted by Gasteiger charge is -2.08. The van der Waals surface area contributed by atoms with Crippen LogP contribution in [-0.4, -0.2) is 14.7 Å². The van der Waals surface area contributed by atoms with Gasteiger partial charge in [-0.25, -0.2) is 9.37 Å². The molecule has 0 aliphatic heterocycles. The van der Waals surface area contributed by atoms with E-state index in [0.717, 1.165) is 34.4 Å². The Morgan fingerprint density at radius 2 is 2.00 bits per heavy atom. The second kappa shape index (κ2) is 4.56. The molecule has 1 fully saturated rings. The lowest BCUT2D eigenvalue weighted by molar-refractivity contribution is 0.469. The molecule has 0 atom stereocenters. The van der Waals surface area contributed by atoms with Crippen LogP contribution < -0.4 is 0 Å². The van der Waals surface area contributed by atoms with E-state index < -0.39 is 5.82 Å². The zero-order chi connectivity index (χ0) is 14.6. The summed E-state index contributed by atoms with van der Waals surface area (Å²) in [6.07, 6.45) is 2.18. The molecule has 4 rings (SSSR count). The number of phenolic OH excluding ortho intramolecular Hbond substituents is 1. The maximum Gasteiger partial charge on any atom is 0.144 e. The number of fused-ring (bicyclic) bond motifs is 1. The van der Waals surface area contributed by atoms with Crippen molar-refractivity contribution in [3.8, 4) is 17.1 Å². The minimum Gasteiger partial charge on any atom is -0.508 e. The van der Waals surface area contributed by atoms with Crippen LogP contribution in [0.2, 0.25) is 0 Å². The van der Waals surface area contributed by atoms with Gasteiger partial charge >= 0.3 is 0 Å². The van der Waals surface area contributed by atoms with Crippen LogP contribution in [0.4, 0.5) is 4.39 Å². The van der Waals surface area contributed by atoms with Gasteiger partial charge in [-0.15, -0.1) is 0 Å². The summed E-state index contributed by atoms with van der Waals surface area (Å²) in [6, 6.07) is 10.5. The average molecular weight is 347 g/mol. The monoisotopic (exact) mass is 346 g/mol. The van der Waals surface area contributed by atoms with E-state index in [-0.39, 0.29) is 5.75 Å². The zero-order valence-electron chi connectivity index (χ0n) is 11.1. The van der Waals surface area contributed by atoms with E-state index in [1.165, 1.54) is 6.07 Å². The molecule has 0 radical (unpaired) electrons. The van der Waals surface area contributed by atoms with E-state index in [9.17, 15) is 9.50 Å². The molecular formula is C16H12BrFN2O. The molecule has 1 aliphatic carbocycles. The lowest BCUT2D eigenvalue weighted by Crippen LogP contribution is -1.98. The first kappa shape index (κ1) is 12.8. The number of hydrogen-bond donors (Lipinski definition) is 1. The number of aromatic hydroxyl groups is 1. The molecule has 5 heteroatoms. The molecule has 0 saturated heterocycles. The van der Waals surface area contributed by atoms with Crippen LogP contribution in [0.3, 0.4) is 0 Å².